The predicted molar refractivity (Wildman–Crippen MR) is 421 cm³/mol. The molecule has 117 heavy (non-hydrogen) atoms. The number of aliphatic hydroxyl groups excluding tert-OH is 4. The van der Waals surface area contributed by atoms with E-state index in [0.29, 0.717) is 16.7 Å². The molecule has 0 radical (unpaired) electrons. The molecule has 6 rings (SSSR count). The summed E-state index contributed by atoms with van der Waals surface area (Å²) in [5.74, 6) is -21.2. The van der Waals surface area contributed by atoms with Crippen molar-refractivity contribution in [2.75, 3.05) is 51.9 Å². The fraction of sp³-hybridized carbons (Fsp3) is 0.474. The second kappa shape index (κ2) is 45.4. The number of amides is 16. The molecule has 2 aliphatic heterocycles. The lowest BCUT2D eigenvalue weighted by atomic mass is 9.98. The molecule has 0 aliphatic carbocycles. The van der Waals surface area contributed by atoms with Crippen LogP contribution in [0.1, 0.15) is 83.4 Å². The largest absolute Gasteiger partial charge is 0.481 e. The first kappa shape index (κ1) is 93.9. The summed E-state index contributed by atoms with van der Waals surface area (Å²) in [7, 11) is 2.36. The molecule has 16 amide bonds. The van der Waals surface area contributed by atoms with E-state index in [1.165, 1.54) is 34.9 Å². The molecule has 0 aromatic heterocycles. The van der Waals surface area contributed by atoms with Gasteiger partial charge in [-0.15, -0.1) is 11.8 Å². The summed E-state index contributed by atoms with van der Waals surface area (Å²) in [6.45, 7) is 3.39. The van der Waals surface area contributed by atoms with Crippen molar-refractivity contribution in [2.24, 2.45) is 17.4 Å². The summed E-state index contributed by atoms with van der Waals surface area (Å²) < 4.78 is 0. The number of benzene rings is 4. The van der Waals surface area contributed by atoms with Crippen molar-refractivity contribution >= 4 is 112 Å². The Morgan fingerprint density at radius 2 is 0.966 bits per heavy atom. The molecule has 4 aromatic rings. The Balaban J connectivity index is 1.42. The molecule has 38 nitrogen and oxygen atoms in total. The minimum atomic E-state index is -2.11. The third-order valence-electron chi connectivity index (χ3n) is 19.4. The van der Waals surface area contributed by atoms with Gasteiger partial charge in [-0.2, -0.15) is 0 Å². The van der Waals surface area contributed by atoms with Gasteiger partial charge in [0.15, 0.2) is 0 Å². The summed E-state index contributed by atoms with van der Waals surface area (Å²) >= 11 is 0.741. The van der Waals surface area contributed by atoms with E-state index in [2.05, 4.69) is 58.5 Å². The van der Waals surface area contributed by atoms with E-state index in [0.717, 1.165) is 51.4 Å². The average molecular weight is 1650 g/mol. The van der Waals surface area contributed by atoms with Crippen molar-refractivity contribution in [1.29, 1.82) is 0 Å². The van der Waals surface area contributed by atoms with E-state index in [-0.39, 0.29) is 38.6 Å². The molecule has 20 N–H and O–H groups in total. The van der Waals surface area contributed by atoms with Gasteiger partial charge in [0.05, 0.1) is 44.0 Å². The van der Waals surface area contributed by atoms with Crippen LogP contribution in [0.5, 0.6) is 0 Å². The topological polar surface area (TPSA) is 585 Å². The third-order valence-corrected chi connectivity index (χ3v) is 20.5. The minimum Gasteiger partial charge on any atom is -0.481 e. The number of aliphatic hydroxyl groups is 4. The number of carboxylic acids is 1. The molecule has 0 saturated carbocycles. The molecule has 2 aliphatic rings. The van der Waals surface area contributed by atoms with Gasteiger partial charge in [-0.3, -0.25) is 81.5 Å². The van der Waals surface area contributed by atoms with Crippen LogP contribution in [-0.4, -0.2) is 283 Å². The molecule has 2 fully saturated rings. The van der Waals surface area contributed by atoms with Crippen molar-refractivity contribution in [3.63, 3.8) is 0 Å². The second-order valence-electron chi connectivity index (χ2n) is 28.8. The first-order valence-corrected chi connectivity index (χ1v) is 38.9. The highest BCUT2D eigenvalue weighted by Gasteiger charge is 2.43. The first-order chi connectivity index (χ1) is 55.4. The number of nitrogens with one attached hydrogen (secondary N) is 11. The molecular weight excluding hydrogens is 1550 g/mol. The van der Waals surface area contributed by atoms with E-state index in [1.807, 2.05) is 30.3 Å². The van der Waals surface area contributed by atoms with E-state index >= 15 is 9.59 Å². The van der Waals surface area contributed by atoms with Crippen LogP contribution in [0.25, 0.3) is 11.1 Å². The summed E-state index contributed by atoms with van der Waals surface area (Å²) in [4.78, 5) is 242. The Morgan fingerprint density at radius 1 is 0.496 bits per heavy atom. The summed E-state index contributed by atoms with van der Waals surface area (Å²) in [6.07, 6.45) is -7.17. The number of aliphatic carboxylic acids is 1. The molecule has 15 atom stereocenters. The van der Waals surface area contributed by atoms with Crippen LogP contribution in [0.2, 0.25) is 0 Å². The molecule has 4 aromatic carbocycles. The zero-order valence-electron chi connectivity index (χ0n) is 65.7. The Bertz CT molecular complexity index is 4190. The Kier molecular flexibility index (Phi) is 36.4. The summed E-state index contributed by atoms with van der Waals surface area (Å²) in [5, 5.41) is 79.6. The molecule has 39 heteroatoms. The fourth-order valence-electron chi connectivity index (χ4n) is 12.8. The molecule has 2 saturated heterocycles. The predicted octanol–water partition coefficient (Wildman–Crippen LogP) is -5.61. The van der Waals surface area contributed by atoms with Gasteiger partial charge in [0, 0.05) is 52.3 Å². The zero-order valence-corrected chi connectivity index (χ0v) is 66.5. The molecule has 634 valence electrons. The number of hydrogen-bond acceptors (Lipinski definition) is 22. The van der Waals surface area contributed by atoms with Crippen molar-refractivity contribution < 1.29 is 107 Å². The number of carbonyl (C=O) groups is 17. The van der Waals surface area contributed by atoms with Crippen LogP contribution in [0.15, 0.2) is 115 Å². The lowest BCUT2D eigenvalue weighted by molar-refractivity contribution is -0.145. The second-order valence-corrected chi connectivity index (χ2v) is 29.8. The summed E-state index contributed by atoms with van der Waals surface area (Å²) in [6, 6.07) is 9.57. The van der Waals surface area contributed by atoms with Gasteiger partial charge >= 0.3 is 5.97 Å². The van der Waals surface area contributed by atoms with Crippen molar-refractivity contribution in [3.8, 4) is 11.1 Å². The van der Waals surface area contributed by atoms with E-state index < -0.39 is 248 Å². The Morgan fingerprint density at radius 3 is 1.52 bits per heavy atom. The lowest BCUT2D eigenvalue weighted by Gasteiger charge is -2.34. The number of thioether (sulfide) groups is 1. The number of rotatable bonds is 20. The van der Waals surface area contributed by atoms with Crippen LogP contribution in [-0.2, 0) is 101 Å². The van der Waals surface area contributed by atoms with Crippen molar-refractivity contribution in [2.45, 2.75) is 177 Å². The monoisotopic (exact) mass is 1650 g/mol. The number of nitrogens with two attached hydrogens (primary N) is 2. The maximum atomic E-state index is 15.3. The average Bonchev–Trinajstić information content (AvgIpc) is 1.80. The van der Waals surface area contributed by atoms with Gasteiger partial charge in [-0.25, -0.2) is 0 Å². The van der Waals surface area contributed by atoms with Gasteiger partial charge in [-0.05, 0) is 73.8 Å². The number of carbonyl (C=O) groups excluding carboxylic acids is 16. The molecule has 0 spiro atoms. The number of primary amides is 2. The van der Waals surface area contributed by atoms with Gasteiger partial charge in [0.1, 0.15) is 78.5 Å². The number of likely N-dealkylation sites (N-methyl/N-ethyl adjacent to an activating group) is 2. The Hall–Kier alpha value is -11.9. The fourth-order valence-corrected chi connectivity index (χ4v) is 13.6. The molecule has 2 heterocycles. The maximum absolute atomic E-state index is 15.3. The normalized spacial score (nSPS) is 25.0. The number of nitrogens with zero attached hydrogens (tertiary/aromatic N) is 3. The highest BCUT2D eigenvalue weighted by atomic mass is 32.2. The SMILES string of the molecule is CC(C)[C@@H]1NC(=O)[C@H](Cc2ccccc2)NC(=O)CSC[C@@H](C(=O)NCC(N)=O)NC(=O)[C@@H]2CCCN2C(=O)[C@H](CO)NC(=O)[C@H](CC(N)=O)NC(=O)[C@H](C)N(C)C(=O)[C@H](Cc2ccc(-c3ccccc3)cc2)NC(=O)[C@H](Cc2ccccc2)N(C)C(=O)[C@H](CCO)NC(=O)[C@H]([C@@H](C)O)NC(=O)[C@H]([C@@H](C)O)NC(=O)[C@H](CC(=O)O)NC1=O. The molecule has 0 unspecified atom stereocenters. The van der Waals surface area contributed by atoms with Crippen LogP contribution >= 0.6 is 11.8 Å². The van der Waals surface area contributed by atoms with Gasteiger partial charge < -0.3 is 110 Å². The highest BCUT2D eigenvalue weighted by Crippen LogP contribution is 2.23. The molecular formula is C78H104N16O22S. The van der Waals surface area contributed by atoms with Crippen LogP contribution < -0.4 is 70.0 Å². The lowest BCUT2D eigenvalue weighted by Crippen LogP contribution is -2.64. The van der Waals surface area contributed by atoms with Crippen molar-refractivity contribution in [1.82, 2.24) is 73.2 Å². The van der Waals surface area contributed by atoms with Crippen LogP contribution in [0.4, 0.5) is 0 Å². The Labute approximate surface area is 678 Å². The number of fused-ring (bicyclic) bond motifs is 1. The minimum absolute atomic E-state index is 0.0540. The first-order valence-electron chi connectivity index (χ1n) is 37.7. The maximum Gasteiger partial charge on any atom is 0.305 e. The van der Waals surface area contributed by atoms with Gasteiger partial charge in [0.2, 0.25) is 94.5 Å². The highest BCUT2D eigenvalue weighted by molar-refractivity contribution is 8.00. The number of carboxylic acid groups (broad SMARTS) is 1. The summed E-state index contributed by atoms with van der Waals surface area (Å²) in [5.41, 5.74) is 13.9. The van der Waals surface area contributed by atoms with Gasteiger partial charge in [-0.1, -0.05) is 129 Å². The van der Waals surface area contributed by atoms with Crippen molar-refractivity contribution in [3.05, 3.63) is 132 Å². The van der Waals surface area contributed by atoms with Crippen LogP contribution in [0, 0.1) is 5.92 Å². The van der Waals surface area contributed by atoms with E-state index in [1.54, 1.807) is 84.9 Å². The van der Waals surface area contributed by atoms with Gasteiger partial charge in [0.25, 0.3) is 0 Å². The quantitative estimate of drug-likeness (QED) is 0.0392. The molecule has 0 bridgehead atoms. The smallest absolute Gasteiger partial charge is 0.305 e. The van der Waals surface area contributed by atoms with Crippen LogP contribution in [0.3, 0.4) is 0 Å². The van der Waals surface area contributed by atoms with E-state index in [4.69, 9.17) is 11.5 Å². The van der Waals surface area contributed by atoms with E-state index in [9.17, 15) is 97.5 Å². The standard InChI is InChI=1S/C78H104N16O22S/c1-41(2)63-73(111)85-53(36-62(102)103)70(108)90-65(44(5)98)75(113)91-64(43(4)97)74(112)83-50(29-31-95)76(114)93(7)58(34-46-20-13-9-14-21-46)72(110)86-54(33-47-25-27-49(28-26-47)48-22-15-10-16-23-48)77(115)92(6)42(3)66(104)84-52(35-59(79)99)68(106)87-55(38-96)78(116)94-30-17-24-57(94)71(109)88-56(67(105)81-37-60(80)100)39-117-40-61(101)82-51(69(107)89-63)32-45-18-11-8-12-19-45/h8-16,18-23,25-28,41-44,50-58,63-65,95-98H,17,24,29-40H2,1-7H3,(H2,79,99)(H2,80,100)(H,81,105)(H,82,101)(H,83,112)(H,84,104)(H,85,111)(H,86,110)(H,87,106)(H,88,109)(H,89,107)(H,90,108)(H,91,113)(H,102,103)/t42-,43+,44+,50-,51-,52-,53-,54-,55-,56-,57-,58-,63-,64-,65-/m0/s1. The third kappa shape index (κ3) is 28.2. The number of hydrogen-bond donors (Lipinski definition) is 18. The zero-order chi connectivity index (χ0) is 86.5.